The Labute approximate surface area is 141 Å². The van der Waals surface area contributed by atoms with Gasteiger partial charge in [0, 0.05) is 37.6 Å². The second kappa shape index (κ2) is 7.45. The lowest BCUT2D eigenvalue weighted by molar-refractivity contribution is -0.120. The Balaban J connectivity index is 1.55. The Kier molecular flexibility index (Phi) is 5.11. The molecule has 0 aromatic heterocycles. The molecule has 1 aliphatic heterocycles. The fourth-order valence-electron chi connectivity index (χ4n) is 2.98. The highest BCUT2D eigenvalue weighted by Crippen LogP contribution is 2.17. The summed E-state index contributed by atoms with van der Waals surface area (Å²) in [7, 11) is 0. The number of hydrogen-bond acceptors (Lipinski definition) is 3. The zero-order chi connectivity index (χ0) is 16.9. The van der Waals surface area contributed by atoms with Crippen LogP contribution in [-0.2, 0) is 4.79 Å². The summed E-state index contributed by atoms with van der Waals surface area (Å²) in [6, 6.07) is 16.0. The molecule has 0 bridgehead atoms. The largest absolute Gasteiger partial charge is 0.369 e. The van der Waals surface area contributed by atoms with E-state index in [1.54, 1.807) is 12.1 Å². The Morgan fingerprint density at radius 1 is 1.04 bits per heavy atom. The number of halogens is 1. The molecule has 1 atom stereocenters. The van der Waals surface area contributed by atoms with Crippen molar-refractivity contribution in [3.63, 3.8) is 0 Å². The summed E-state index contributed by atoms with van der Waals surface area (Å²) in [6.45, 7) is 5.33. The standard InChI is InChI=1S/C19H22FN3O/c1-15(19(24)21-17-7-5-6-16(20)14-17)22-10-12-23(13-11-22)18-8-3-2-4-9-18/h2-9,14-15H,10-13H2,1H3,(H,21,24)/t15-/m1/s1. The van der Waals surface area contributed by atoms with Gasteiger partial charge in [0.1, 0.15) is 5.82 Å². The minimum absolute atomic E-state index is 0.103. The fourth-order valence-corrected chi connectivity index (χ4v) is 2.98. The van der Waals surface area contributed by atoms with E-state index < -0.39 is 0 Å². The lowest BCUT2D eigenvalue weighted by atomic mass is 10.2. The van der Waals surface area contributed by atoms with Gasteiger partial charge in [-0.05, 0) is 37.3 Å². The first-order chi connectivity index (χ1) is 11.6. The van der Waals surface area contributed by atoms with Crippen molar-refractivity contribution in [1.82, 2.24) is 4.90 Å². The minimum Gasteiger partial charge on any atom is -0.369 e. The maximum atomic E-state index is 13.2. The maximum absolute atomic E-state index is 13.2. The van der Waals surface area contributed by atoms with Crippen LogP contribution in [0.4, 0.5) is 15.8 Å². The van der Waals surface area contributed by atoms with Gasteiger partial charge in [0.25, 0.3) is 0 Å². The monoisotopic (exact) mass is 327 g/mol. The molecular formula is C19H22FN3O. The van der Waals surface area contributed by atoms with Crippen LogP contribution in [0.1, 0.15) is 6.92 Å². The molecule has 2 aromatic rings. The number of piperazine rings is 1. The Morgan fingerprint density at radius 2 is 1.75 bits per heavy atom. The van der Waals surface area contributed by atoms with Crippen LogP contribution in [-0.4, -0.2) is 43.0 Å². The van der Waals surface area contributed by atoms with Crippen molar-refractivity contribution in [2.75, 3.05) is 36.4 Å². The average Bonchev–Trinajstić information content (AvgIpc) is 2.62. The van der Waals surface area contributed by atoms with Crippen LogP contribution in [0, 0.1) is 5.82 Å². The van der Waals surface area contributed by atoms with Gasteiger partial charge in [0.2, 0.25) is 5.91 Å². The zero-order valence-corrected chi connectivity index (χ0v) is 13.8. The quantitative estimate of drug-likeness (QED) is 0.938. The van der Waals surface area contributed by atoms with Crippen molar-refractivity contribution in [3.05, 3.63) is 60.4 Å². The molecule has 1 saturated heterocycles. The van der Waals surface area contributed by atoms with Crippen molar-refractivity contribution in [1.29, 1.82) is 0 Å². The SMILES string of the molecule is C[C@H](C(=O)Nc1cccc(F)c1)N1CCN(c2ccccc2)CC1. The van der Waals surface area contributed by atoms with Gasteiger partial charge in [0.15, 0.2) is 0 Å². The first kappa shape index (κ1) is 16.5. The normalized spacial score (nSPS) is 16.7. The smallest absolute Gasteiger partial charge is 0.241 e. The molecule has 1 amide bonds. The van der Waals surface area contributed by atoms with E-state index in [1.165, 1.54) is 17.8 Å². The van der Waals surface area contributed by atoms with Crippen molar-refractivity contribution >= 4 is 17.3 Å². The first-order valence-electron chi connectivity index (χ1n) is 8.24. The van der Waals surface area contributed by atoms with Crippen molar-refractivity contribution in [3.8, 4) is 0 Å². The van der Waals surface area contributed by atoms with Gasteiger partial charge in [-0.2, -0.15) is 0 Å². The lowest BCUT2D eigenvalue weighted by Gasteiger charge is -2.38. The van der Waals surface area contributed by atoms with Crippen LogP contribution in [0.25, 0.3) is 0 Å². The molecule has 1 N–H and O–H groups in total. The Bertz CT molecular complexity index is 684. The molecule has 1 fully saturated rings. The Hall–Kier alpha value is -2.40. The summed E-state index contributed by atoms with van der Waals surface area (Å²) < 4.78 is 13.2. The molecule has 5 heteroatoms. The van der Waals surface area contributed by atoms with E-state index in [0.717, 1.165) is 26.2 Å². The second-order valence-corrected chi connectivity index (χ2v) is 6.03. The molecule has 0 saturated carbocycles. The molecule has 0 radical (unpaired) electrons. The Morgan fingerprint density at radius 3 is 2.42 bits per heavy atom. The van der Waals surface area contributed by atoms with Crippen LogP contribution < -0.4 is 10.2 Å². The number of anilines is 2. The summed E-state index contributed by atoms with van der Waals surface area (Å²) in [4.78, 5) is 16.9. The average molecular weight is 327 g/mol. The second-order valence-electron chi connectivity index (χ2n) is 6.03. The van der Waals surface area contributed by atoms with Crippen LogP contribution in [0.2, 0.25) is 0 Å². The highest BCUT2D eigenvalue weighted by molar-refractivity contribution is 5.94. The predicted octanol–water partition coefficient (Wildman–Crippen LogP) is 2.97. The van der Waals surface area contributed by atoms with E-state index in [1.807, 2.05) is 25.1 Å². The predicted molar refractivity (Wildman–Crippen MR) is 94.7 cm³/mol. The fraction of sp³-hybridized carbons (Fsp3) is 0.316. The van der Waals surface area contributed by atoms with Crippen LogP contribution in [0.5, 0.6) is 0 Å². The van der Waals surface area contributed by atoms with E-state index in [-0.39, 0.29) is 17.8 Å². The zero-order valence-electron chi connectivity index (χ0n) is 13.8. The third-order valence-corrected chi connectivity index (χ3v) is 4.45. The van der Waals surface area contributed by atoms with E-state index >= 15 is 0 Å². The van der Waals surface area contributed by atoms with Crippen LogP contribution in [0.3, 0.4) is 0 Å². The van der Waals surface area contributed by atoms with Gasteiger partial charge in [-0.1, -0.05) is 24.3 Å². The third kappa shape index (κ3) is 3.92. The molecule has 1 heterocycles. The number of nitrogens with zero attached hydrogens (tertiary/aromatic N) is 2. The molecule has 0 spiro atoms. The van der Waals surface area contributed by atoms with E-state index in [2.05, 4.69) is 27.2 Å². The molecule has 1 aliphatic rings. The van der Waals surface area contributed by atoms with E-state index in [9.17, 15) is 9.18 Å². The van der Waals surface area contributed by atoms with E-state index in [4.69, 9.17) is 0 Å². The highest BCUT2D eigenvalue weighted by Gasteiger charge is 2.25. The van der Waals surface area contributed by atoms with Gasteiger partial charge in [-0.3, -0.25) is 9.69 Å². The number of nitrogens with one attached hydrogen (secondary N) is 1. The molecule has 0 aliphatic carbocycles. The number of hydrogen-bond donors (Lipinski definition) is 1. The van der Waals surface area contributed by atoms with Gasteiger partial charge in [0.05, 0.1) is 6.04 Å². The van der Waals surface area contributed by atoms with Gasteiger partial charge < -0.3 is 10.2 Å². The molecule has 2 aromatic carbocycles. The lowest BCUT2D eigenvalue weighted by Crippen LogP contribution is -2.52. The molecular weight excluding hydrogens is 305 g/mol. The third-order valence-electron chi connectivity index (χ3n) is 4.45. The van der Waals surface area contributed by atoms with Gasteiger partial charge >= 0.3 is 0 Å². The topological polar surface area (TPSA) is 35.6 Å². The molecule has 0 unspecified atom stereocenters. The molecule has 3 rings (SSSR count). The number of benzene rings is 2. The van der Waals surface area contributed by atoms with Crippen molar-refractivity contribution in [2.24, 2.45) is 0 Å². The van der Waals surface area contributed by atoms with Gasteiger partial charge in [-0.15, -0.1) is 0 Å². The van der Waals surface area contributed by atoms with Crippen molar-refractivity contribution < 1.29 is 9.18 Å². The molecule has 24 heavy (non-hydrogen) atoms. The highest BCUT2D eigenvalue weighted by atomic mass is 19.1. The van der Waals surface area contributed by atoms with Crippen LogP contribution in [0.15, 0.2) is 54.6 Å². The number of carbonyl (C=O) groups is 1. The number of amides is 1. The summed E-state index contributed by atoms with van der Waals surface area (Å²) in [6.07, 6.45) is 0. The molecule has 4 nitrogen and oxygen atoms in total. The molecule has 126 valence electrons. The van der Waals surface area contributed by atoms with Crippen molar-refractivity contribution in [2.45, 2.75) is 13.0 Å². The van der Waals surface area contributed by atoms with Gasteiger partial charge in [-0.25, -0.2) is 4.39 Å². The maximum Gasteiger partial charge on any atom is 0.241 e. The minimum atomic E-state index is -0.350. The number of carbonyl (C=O) groups excluding carboxylic acids is 1. The summed E-state index contributed by atoms with van der Waals surface area (Å²) in [5.41, 5.74) is 1.71. The van der Waals surface area contributed by atoms with Crippen LogP contribution >= 0.6 is 0 Å². The summed E-state index contributed by atoms with van der Waals surface area (Å²) in [5, 5.41) is 2.79. The van der Waals surface area contributed by atoms with E-state index in [0.29, 0.717) is 5.69 Å². The first-order valence-corrected chi connectivity index (χ1v) is 8.24. The number of para-hydroxylation sites is 1. The summed E-state index contributed by atoms with van der Waals surface area (Å²) >= 11 is 0. The summed E-state index contributed by atoms with van der Waals surface area (Å²) in [5.74, 6) is -0.453. The number of rotatable bonds is 4.